The highest BCUT2D eigenvalue weighted by Crippen LogP contribution is 2.19. The molecule has 0 atom stereocenters. The van der Waals surface area contributed by atoms with Crippen LogP contribution in [0.1, 0.15) is 35.9 Å². The number of anilines is 1. The summed E-state index contributed by atoms with van der Waals surface area (Å²) in [6.07, 6.45) is 1.08. The first kappa shape index (κ1) is 23.4. The van der Waals surface area contributed by atoms with Gasteiger partial charge in [0.05, 0.1) is 17.1 Å². The minimum absolute atomic E-state index is 0.109. The van der Waals surface area contributed by atoms with Crippen molar-refractivity contribution >= 4 is 34.7 Å². The minimum atomic E-state index is -1.68. The number of nitrogens with zero attached hydrogens (tertiary/aromatic N) is 1. The Morgan fingerprint density at radius 3 is 2.53 bits per heavy atom. The standard InChI is InChI=1S/C20H22F3N3O3S/c1-2-10-26(12-16(27)25-14-8-7-13(21)18(22)19(14)23)17(28)6-3-9-24-20(29)15-5-4-11-30-15/h4-5,7-8,11H,2-3,6,9-10,12H2,1H3,(H,24,29)(H,25,27). The molecule has 0 spiro atoms. The van der Waals surface area contributed by atoms with Crippen LogP contribution in [0.25, 0.3) is 0 Å². The number of halogens is 3. The van der Waals surface area contributed by atoms with Crippen LogP contribution in [-0.2, 0) is 9.59 Å². The van der Waals surface area contributed by atoms with Gasteiger partial charge in [0.25, 0.3) is 5.91 Å². The van der Waals surface area contributed by atoms with Crippen molar-refractivity contribution in [3.8, 4) is 0 Å². The average Bonchev–Trinajstić information content (AvgIpc) is 3.26. The normalized spacial score (nSPS) is 10.5. The lowest BCUT2D eigenvalue weighted by molar-refractivity contribution is -0.134. The van der Waals surface area contributed by atoms with Crippen molar-refractivity contribution < 1.29 is 27.6 Å². The summed E-state index contributed by atoms with van der Waals surface area (Å²) in [5.41, 5.74) is -0.501. The van der Waals surface area contributed by atoms with Crippen LogP contribution in [0, 0.1) is 17.5 Å². The van der Waals surface area contributed by atoms with Gasteiger partial charge in [0.15, 0.2) is 17.5 Å². The van der Waals surface area contributed by atoms with Crippen molar-refractivity contribution in [2.24, 2.45) is 0 Å². The van der Waals surface area contributed by atoms with Crippen molar-refractivity contribution in [1.82, 2.24) is 10.2 Å². The van der Waals surface area contributed by atoms with E-state index in [4.69, 9.17) is 0 Å². The maximum absolute atomic E-state index is 13.7. The van der Waals surface area contributed by atoms with Crippen molar-refractivity contribution in [3.63, 3.8) is 0 Å². The van der Waals surface area contributed by atoms with Crippen LogP contribution in [0.2, 0.25) is 0 Å². The molecule has 0 saturated heterocycles. The molecule has 1 aromatic carbocycles. The molecule has 1 aromatic heterocycles. The highest BCUT2D eigenvalue weighted by atomic mass is 32.1. The molecule has 0 radical (unpaired) electrons. The topological polar surface area (TPSA) is 78.5 Å². The summed E-state index contributed by atoms with van der Waals surface area (Å²) in [5, 5.41) is 6.65. The Balaban J connectivity index is 1.83. The van der Waals surface area contributed by atoms with Gasteiger partial charge in [-0.05, 0) is 36.4 Å². The van der Waals surface area contributed by atoms with Crippen molar-refractivity contribution in [1.29, 1.82) is 0 Å². The number of rotatable bonds is 10. The van der Waals surface area contributed by atoms with E-state index < -0.39 is 29.0 Å². The molecule has 3 amide bonds. The lowest BCUT2D eigenvalue weighted by atomic mass is 10.2. The summed E-state index contributed by atoms with van der Waals surface area (Å²) in [4.78, 5) is 38.3. The van der Waals surface area contributed by atoms with Crippen molar-refractivity contribution in [3.05, 3.63) is 52.0 Å². The van der Waals surface area contributed by atoms with Gasteiger partial charge < -0.3 is 15.5 Å². The second kappa shape index (κ2) is 11.3. The fraction of sp³-hybridized carbons (Fsp3) is 0.350. The van der Waals surface area contributed by atoms with Crippen LogP contribution >= 0.6 is 11.3 Å². The molecular weight excluding hydrogens is 419 g/mol. The number of benzene rings is 1. The van der Waals surface area contributed by atoms with Crippen molar-refractivity contribution in [2.75, 3.05) is 25.0 Å². The van der Waals surface area contributed by atoms with E-state index in [1.807, 2.05) is 6.92 Å². The molecule has 0 aliphatic rings. The number of amides is 3. The lowest BCUT2D eigenvalue weighted by Crippen LogP contribution is -2.39. The summed E-state index contributed by atoms with van der Waals surface area (Å²) < 4.78 is 40.0. The monoisotopic (exact) mass is 441 g/mol. The largest absolute Gasteiger partial charge is 0.351 e. The van der Waals surface area contributed by atoms with Gasteiger partial charge >= 0.3 is 0 Å². The Bertz CT molecular complexity index is 891. The zero-order chi connectivity index (χ0) is 22.1. The van der Waals surface area contributed by atoms with Gasteiger partial charge in [0.2, 0.25) is 11.8 Å². The van der Waals surface area contributed by atoms with Gasteiger partial charge in [-0.1, -0.05) is 13.0 Å². The highest BCUT2D eigenvalue weighted by Gasteiger charge is 2.19. The Labute approximate surface area is 176 Å². The number of hydrogen-bond acceptors (Lipinski definition) is 4. The highest BCUT2D eigenvalue weighted by molar-refractivity contribution is 7.12. The molecule has 1 heterocycles. The number of carbonyl (C=O) groups excluding carboxylic acids is 3. The van der Waals surface area contributed by atoms with Crippen LogP contribution in [0.15, 0.2) is 29.6 Å². The van der Waals surface area contributed by atoms with Crippen LogP contribution in [0.4, 0.5) is 18.9 Å². The zero-order valence-electron chi connectivity index (χ0n) is 16.3. The molecular formula is C20H22F3N3O3S. The van der Waals surface area contributed by atoms with Gasteiger partial charge in [0.1, 0.15) is 0 Å². The zero-order valence-corrected chi connectivity index (χ0v) is 17.2. The fourth-order valence-corrected chi connectivity index (χ4v) is 3.28. The number of carbonyl (C=O) groups is 3. The number of thiophene rings is 1. The van der Waals surface area contributed by atoms with Gasteiger partial charge in [-0.3, -0.25) is 14.4 Å². The fourth-order valence-electron chi connectivity index (χ4n) is 2.64. The predicted molar refractivity (Wildman–Crippen MR) is 108 cm³/mol. The summed E-state index contributed by atoms with van der Waals surface area (Å²) in [7, 11) is 0. The molecule has 6 nitrogen and oxygen atoms in total. The summed E-state index contributed by atoms with van der Waals surface area (Å²) in [6, 6.07) is 5.08. The summed E-state index contributed by atoms with van der Waals surface area (Å²) in [5.74, 6) is -5.79. The van der Waals surface area contributed by atoms with E-state index in [9.17, 15) is 27.6 Å². The maximum Gasteiger partial charge on any atom is 0.261 e. The lowest BCUT2D eigenvalue weighted by Gasteiger charge is -2.22. The van der Waals surface area contributed by atoms with Crippen molar-refractivity contribution in [2.45, 2.75) is 26.2 Å². The predicted octanol–water partition coefficient (Wildman–Crippen LogP) is 3.55. The first-order valence-electron chi connectivity index (χ1n) is 9.36. The molecule has 162 valence electrons. The van der Waals surface area contributed by atoms with E-state index in [0.29, 0.717) is 36.9 Å². The smallest absolute Gasteiger partial charge is 0.261 e. The molecule has 0 saturated carbocycles. The molecule has 2 rings (SSSR count). The minimum Gasteiger partial charge on any atom is -0.351 e. The third-order valence-electron chi connectivity index (χ3n) is 4.09. The molecule has 10 heteroatoms. The van der Waals surface area contributed by atoms with Crippen LogP contribution in [-0.4, -0.2) is 42.3 Å². The Morgan fingerprint density at radius 2 is 1.87 bits per heavy atom. The Hall–Kier alpha value is -2.88. The van der Waals surface area contributed by atoms with Gasteiger partial charge in [-0.2, -0.15) is 0 Å². The van der Waals surface area contributed by atoms with E-state index in [2.05, 4.69) is 10.6 Å². The van der Waals surface area contributed by atoms with Crippen LogP contribution in [0.3, 0.4) is 0 Å². The van der Waals surface area contributed by atoms with E-state index >= 15 is 0 Å². The second-order valence-electron chi connectivity index (χ2n) is 6.42. The average molecular weight is 441 g/mol. The van der Waals surface area contributed by atoms with E-state index in [-0.39, 0.29) is 24.8 Å². The first-order valence-corrected chi connectivity index (χ1v) is 10.2. The third kappa shape index (κ3) is 6.58. The van der Waals surface area contributed by atoms with E-state index in [1.54, 1.807) is 17.5 Å². The van der Waals surface area contributed by atoms with Gasteiger partial charge in [-0.25, -0.2) is 13.2 Å². The van der Waals surface area contributed by atoms with E-state index in [1.165, 1.54) is 16.2 Å². The summed E-state index contributed by atoms with van der Waals surface area (Å²) >= 11 is 1.31. The molecule has 2 N–H and O–H groups in total. The van der Waals surface area contributed by atoms with Gasteiger partial charge in [-0.15, -0.1) is 11.3 Å². The van der Waals surface area contributed by atoms with Crippen LogP contribution < -0.4 is 10.6 Å². The SMILES string of the molecule is CCCN(CC(=O)Nc1ccc(F)c(F)c1F)C(=O)CCCNC(=O)c1cccs1. The molecule has 0 fully saturated rings. The quantitative estimate of drug-likeness (QED) is 0.437. The molecule has 0 unspecified atom stereocenters. The molecule has 30 heavy (non-hydrogen) atoms. The second-order valence-corrected chi connectivity index (χ2v) is 7.37. The van der Waals surface area contributed by atoms with Crippen LogP contribution in [0.5, 0.6) is 0 Å². The van der Waals surface area contributed by atoms with E-state index in [0.717, 1.165) is 6.07 Å². The maximum atomic E-state index is 13.7. The van der Waals surface area contributed by atoms with Gasteiger partial charge in [0, 0.05) is 19.5 Å². The summed E-state index contributed by atoms with van der Waals surface area (Å²) in [6.45, 7) is 2.07. The molecule has 0 aliphatic heterocycles. The molecule has 0 bridgehead atoms. The number of hydrogen-bond donors (Lipinski definition) is 2. The Kier molecular flexibility index (Phi) is 8.85. The first-order chi connectivity index (χ1) is 14.3. The Morgan fingerprint density at radius 1 is 1.10 bits per heavy atom. The molecule has 0 aliphatic carbocycles. The number of nitrogens with one attached hydrogen (secondary N) is 2. The molecule has 2 aromatic rings. The third-order valence-corrected chi connectivity index (χ3v) is 4.96.